The van der Waals surface area contributed by atoms with Crippen molar-refractivity contribution in [1.29, 1.82) is 0 Å². The number of halogens is 1. The van der Waals surface area contributed by atoms with Gasteiger partial charge in [0.2, 0.25) is 5.13 Å². The lowest BCUT2D eigenvalue weighted by molar-refractivity contribution is 0.835. The topological polar surface area (TPSA) is 75.9 Å². The van der Waals surface area contributed by atoms with Crippen LogP contribution in [0.25, 0.3) is 5.69 Å². The molecular weight excluding hydrogens is 390 g/mol. The van der Waals surface area contributed by atoms with Crippen molar-refractivity contribution in [2.24, 2.45) is 4.99 Å². The van der Waals surface area contributed by atoms with Gasteiger partial charge in [-0.05, 0) is 37.6 Å². The third kappa shape index (κ3) is 3.54. The van der Waals surface area contributed by atoms with Crippen LogP contribution in [0.5, 0.6) is 0 Å². The summed E-state index contributed by atoms with van der Waals surface area (Å²) in [5.41, 5.74) is 1.90. The van der Waals surface area contributed by atoms with Gasteiger partial charge in [0.1, 0.15) is 5.01 Å². The van der Waals surface area contributed by atoms with E-state index >= 15 is 0 Å². The molecule has 2 aromatic heterocycles. The maximum Gasteiger partial charge on any atom is 0.280 e. The second-order valence-electron chi connectivity index (χ2n) is 5.25. The number of aryl methyl sites for hydroxylation is 2. The smallest absolute Gasteiger partial charge is 0.280 e. The quantitative estimate of drug-likeness (QED) is 0.655. The van der Waals surface area contributed by atoms with Crippen molar-refractivity contribution in [3.8, 4) is 5.69 Å². The number of aromatic amines is 1. The number of rotatable bonds is 5. The van der Waals surface area contributed by atoms with Crippen LogP contribution in [-0.2, 0) is 6.42 Å². The maximum absolute atomic E-state index is 12.6. The molecule has 0 atom stereocenters. The van der Waals surface area contributed by atoms with Crippen molar-refractivity contribution in [2.45, 2.75) is 26.7 Å². The minimum atomic E-state index is -0.142. The van der Waals surface area contributed by atoms with Crippen molar-refractivity contribution in [3.05, 3.63) is 55.4 Å². The molecule has 0 radical (unpaired) electrons. The molecule has 0 saturated carbocycles. The van der Waals surface area contributed by atoms with Gasteiger partial charge in [-0.15, -0.1) is 10.2 Å². The van der Waals surface area contributed by atoms with Gasteiger partial charge in [0.15, 0.2) is 0 Å². The standard InChI is InChI=1S/C16H16BrN5OS/c1-3-4-14-19-20-16(24-14)18-9-13-10(2)21-22(15(13)23)12-7-5-11(17)6-8-12/h5-9,21H,3-4H2,1-2H3/b18-9+. The summed E-state index contributed by atoms with van der Waals surface area (Å²) in [5, 5.41) is 12.7. The molecule has 1 aromatic carbocycles. The Morgan fingerprint density at radius 2 is 2.08 bits per heavy atom. The molecule has 3 rings (SSSR count). The zero-order valence-corrected chi connectivity index (χ0v) is 15.7. The van der Waals surface area contributed by atoms with E-state index < -0.39 is 0 Å². The molecule has 0 unspecified atom stereocenters. The van der Waals surface area contributed by atoms with Crippen molar-refractivity contribution >= 4 is 38.6 Å². The molecule has 124 valence electrons. The van der Waals surface area contributed by atoms with Crippen molar-refractivity contribution in [2.75, 3.05) is 0 Å². The number of nitrogens with one attached hydrogen (secondary N) is 1. The number of H-pyrrole nitrogens is 1. The molecule has 0 saturated heterocycles. The van der Waals surface area contributed by atoms with Crippen molar-refractivity contribution < 1.29 is 0 Å². The normalized spacial score (nSPS) is 11.5. The second-order valence-corrected chi connectivity index (χ2v) is 7.21. The maximum atomic E-state index is 12.6. The Balaban J connectivity index is 1.90. The minimum Gasteiger partial charge on any atom is -0.295 e. The molecule has 0 aliphatic rings. The number of hydrogen-bond acceptors (Lipinski definition) is 5. The van der Waals surface area contributed by atoms with E-state index in [2.05, 4.69) is 43.1 Å². The fourth-order valence-electron chi connectivity index (χ4n) is 2.22. The second kappa shape index (κ2) is 7.23. The summed E-state index contributed by atoms with van der Waals surface area (Å²) < 4.78 is 2.47. The Bertz CT molecular complexity index is 923. The van der Waals surface area contributed by atoms with E-state index in [1.165, 1.54) is 16.0 Å². The molecule has 1 N–H and O–H groups in total. The van der Waals surface area contributed by atoms with E-state index in [4.69, 9.17) is 0 Å². The predicted molar refractivity (Wildman–Crippen MR) is 100.0 cm³/mol. The molecule has 0 aliphatic heterocycles. The van der Waals surface area contributed by atoms with Crippen LogP contribution in [0.2, 0.25) is 0 Å². The Labute approximate surface area is 151 Å². The van der Waals surface area contributed by atoms with Crippen LogP contribution in [-0.4, -0.2) is 26.2 Å². The largest absolute Gasteiger partial charge is 0.295 e. The highest BCUT2D eigenvalue weighted by atomic mass is 79.9. The molecule has 0 aliphatic carbocycles. The highest BCUT2D eigenvalue weighted by molar-refractivity contribution is 9.10. The molecular formula is C16H16BrN5OS. The predicted octanol–water partition coefficient (Wildman–Crippen LogP) is 3.79. The van der Waals surface area contributed by atoms with Gasteiger partial charge >= 0.3 is 0 Å². The SMILES string of the molecule is CCCc1nnc(/N=C/c2c(C)[nH]n(-c3ccc(Br)cc3)c2=O)s1. The summed E-state index contributed by atoms with van der Waals surface area (Å²) in [4.78, 5) is 16.9. The first kappa shape index (κ1) is 16.8. The first-order chi connectivity index (χ1) is 11.6. The molecule has 0 amide bonds. The summed E-state index contributed by atoms with van der Waals surface area (Å²) in [6, 6.07) is 7.51. The van der Waals surface area contributed by atoms with Gasteiger partial charge in [-0.3, -0.25) is 9.89 Å². The Morgan fingerprint density at radius 1 is 1.33 bits per heavy atom. The average Bonchev–Trinajstić information content (AvgIpc) is 3.12. The number of aromatic nitrogens is 4. The van der Waals surface area contributed by atoms with E-state index in [0.29, 0.717) is 10.7 Å². The molecule has 2 heterocycles. The number of aliphatic imine (C=N–C) groups is 1. The zero-order chi connectivity index (χ0) is 17.1. The van der Waals surface area contributed by atoms with E-state index in [1.54, 1.807) is 6.21 Å². The molecule has 3 aromatic rings. The van der Waals surface area contributed by atoms with E-state index in [-0.39, 0.29) is 5.56 Å². The number of nitrogens with zero attached hydrogens (tertiary/aromatic N) is 4. The molecule has 0 bridgehead atoms. The van der Waals surface area contributed by atoms with E-state index in [9.17, 15) is 4.79 Å². The first-order valence-corrected chi connectivity index (χ1v) is 9.13. The molecule has 6 nitrogen and oxygen atoms in total. The van der Waals surface area contributed by atoms with Gasteiger partial charge in [-0.25, -0.2) is 9.67 Å². The highest BCUT2D eigenvalue weighted by Gasteiger charge is 2.11. The number of benzene rings is 1. The molecule has 8 heteroatoms. The van der Waals surface area contributed by atoms with Gasteiger partial charge in [-0.1, -0.05) is 34.2 Å². The summed E-state index contributed by atoms with van der Waals surface area (Å²) in [7, 11) is 0. The first-order valence-electron chi connectivity index (χ1n) is 7.52. The van der Waals surface area contributed by atoms with E-state index in [0.717, 1.165) is 33.7 Å². The lowest BCUT2D eigenvalue weighted by Gasteiger charge is -2.00. The van der Waals surface area contributed by atoms with Crippen LogP contribution in [0.3, 0.4) is 0 Å². The highest BCUT2D eigenvalue weighted by Crippen LogP contribution is 2.19. The van der Waals surface area contributed by atoms with Gasteiger partial charge in [0.25, 0.3) is 5.56 Å². The fourth-order valence-corrected chi connectivity index (χ4v) is 3.27. The van der Waals surface area contributed by atoms with Crippen LogP contribution in [0, 0.1) is 6.92 Å². The Hall–Kier alpha value is -2.06. The fraction of sp³-hybridized carbons (Fsp3) is 0.250. The van der Waals surface area contributed by atoms with E-state index in [1.807, 2.05) is 31.2 Å². The van der Waals surface area contributed by atoms with Crippen molar-refractivity contribution in [1.82, 2.24) is 20.0 Å². The average molecular weight is 406 g/mol. The van der Waals surface area contributed by atoms with Crippen LogP contribution in [0.15, 0.2) is 38.5 Å². The molecule has 0 spiro atoms. The monoisotopic (exact) mass is 405 g/mol. The van der Waals surface area contributed by atoms with Gasteiger partial charge in [-0.2, -0.15) is 0 Å². The lowest BCUT2D eigenvalue weighted by atomic mass is 10.3. The summed E-state index contributed by atoms with van der Waals surface area (Å²) >= 11 is 4.84. The van der Waals surface area contributed by atoms with Crippen LogP contribution >= 0.6 is 27.3 Å². The zero-order valence-electron chi connectivity index (χ0n) is 13.3. The minimum absolute atomic E-state index is 0.142. The molecule has 0 fully saturated rings. The van der Waals surface area contributed by atoms with Crippen LogP contribution in [0.1, 0.15) is 29.6 Å². The van der Waals surface area contributed by atoms with Crippen LogP contribution < -0.4 is 5.56 Å². The van der Waals surface area contributed by atoms with Crippen LogP contribution in [0.4, 0.5) is 5.13 Å². The lowest BCUT2D eigenvalue weighted by Crippen LogP contribution is -2.17. The van der Waals surface area contributed by atoms with Gasteiger partial charge in [0, 0.05) is 22.8 Å². The van der Waals surface area contributed by atoms with Gasteiger partial charge < -0.3 is 0 Å². The third-order valence-electron chi connectivity index (χ3n) is 3.43. The third-order valence-corrected chi connectivity index (χ3v) is 4.85. The Morgan fingerprint density at radius 3 is 2.79 bits per heavy atom. The summed E-state index contributed by atoms with van der Waals surface area (Å²) in [6.45, 7) is 3.94. The van der Waals surface area contributed by atoms with Gasteiger partial charge in [0.05, 0.1) is 11.3 Å². The Kier molecular flexibility index (Phi) is 5.06. The summed E-state index contributed by atoms with van der Waals surface area (Å²) in [6.07, 6.45) is 3.47. The molecule has 24 heavy (non-hydrogen) atoms. The summed E-state index contributed by atoms with van der Waals surface area (Å²) in [5.74, 6) is 0. The van der Waals surface area contributed by atoms with Crippen molar-refractivity contribution in [3.63, 3.8) is 0 Å². The number of hydrogen-bond donors (Lipinski definition) is 1.